The van der Waals surface area contributed by atoms with E-state index in [2.05, 4.69) is 104 Å². The second-order valence-corrected chi connectivity index (χ2v) is 19.9. The number of likely N-dealkylation sites (N-methyl/N-ethyl adjacent to an activating group) is 1. The lowest BCUT2D eigenvalue weighted by Crippen LogP contribution is -2.45. The second-order valence-electron chi connectivity index (χ2n) is 18.5. The molecule has 0 rings (SSSR count). The molecule has 3 atom stereocenters. The topological polar surface area (TPSA) is 108 Å². The Morgan fingerprint density at radius 2 is 0.938 bits per heavy atom. The largest absolute Gasteiger partial charge is 0.756 e. The molecule has 1 amide bonds. The molecule has 0 aliphatic heterocycles. The van der Waals surface area contributed by atoms with E-state index in [1.54, 1.807) is 6.08 Å². The van der Waals surface area contributed by atoms with Gasteiger partial charge in [-0.05, 0) is 70.6 Å². The lowest BCUT2D eigenvalue weighted by atomic mass is 10.0. The van der Waals surface area contributed by atoms with Crippen LogP contribution in [0.1, 0.15) is 200 Å². The van der Waals surface area contributed by atoms with Crippen LogP contribution in [0.15, 0.2) is 97.2 Å². The number of hydrogen-bond donors (Lipinski definition) is 2. The summed E-state index contributed by atoms with van der Waals surface area (Å²) in [5, 5.41) is 13.5. The number of phosphoric acid groups is 1. The number of carbonyl (C=O) groups excluding carboxylic acids is 1. The summed E-state index contributed by atoms with van der Waals surface area (Å²) in [7, 11) is 1.25. The van der Waals surface area contributed by atoms with Crippen LogP contribution < -0.4 is 10.2 Å². The van der Waals surface area contributed by atoms with Crippen LogP contribution in [0.3, 0.4) is 0 Å². The van der Waals surface area contributed by atoms with E-state index in [0.29, 0.717) is 17.4 Å². The number of phosphoric ester groups is 1. The van der Waals surface area contributed by atoms with E-state index in [1.807, 2.05) is 27.2 Å². The Balaban J connectivity index is 3.77. The Morgan fingerprint density at radius 3 is 1.35 bits per heavy atom. The summed E-state index contributed by atoms with van der Waals surface area (Å²) in [4.78, 5) is 25.1. The third kappa shape index (κ3) is 49.2. The van der Waals surface area contributed by atoms with Gasteiger partial charge in [0.25, 0.3) is 7.82 Å². The summed E-state index contributed by atoms with van der Waals surface area (Å²) < 4.78 is 23.0. The molecule has 0 aromatic heterocycles. The van der Waals surface area contributed by atoms with Gasteiger partial charge < -0.3 is 28.8 Å². The number of rotatable bonds is 46. The van der Waals surface area contributed by atoms with Crippen LogP contribution in [0, 0.1) is 0 Å². The Bertz CT molecular complexity index is 1370. The Kier molecular flexibility index (Phi) is 44.7. The van der Waals surface area contributed by atoms with Gasteiger partial charge in [-0.2, -0.15) is 0 Å². The van der Waals surface area contributed by atoms with E-state index in [-0.39, 0.29) is 19.1 Å². The van der Waals surface area contributed by atoms with Crippen LogP contribution in [-0.4, -0.2) is 68.5 Å². The molecular weight excluding hydrogens is 828 g/mol. The van der Waals surface area contributed by atoms with Gasteiger partial charge in [0.05, 0.1) is 39.9 Å². The van der Waals surface area contributed by atoms with Gasteiger partial charge >= 0.3 is 0 Å². The molecule has 0 heterocycles. The minimum atomic E-state index is -4.57. The molecule has 0 spiro atoms. The third-order valence-corrected chi connectivity index (χ3v) is 12.0. The molecule has 374 valence electrons. The number of nitrogens with one attached hydrogen (secondary N) is 1. The summed E-state index contributed by atoms with van der Waals surface area (Å²) in [6.45, 7) is 4.36. The van der Waals surface area contributed by atoms with E-state index in [1.165, 1.54) is 96.3 Å². The minimum Gasteiger partial charge on any atom is -0.756 e. The van der Waals surface area contributed by atoms with E-state index in [0.717, 1.165) is 83.5 Å². The number of hydrogen-bond acceptors (Lipinski definition) is 6. The number of nitrogens with zero attached hydrogens (tertiary/aromatic N) is 1. The number of amides is 1. The van der Waals surface area contributed by atoms with Crippen molar-refractivity contribution in [2.24, 2.45) is 0 Å². The van der Waals surface area contributed by atoms with Gasteiger partial charge in [0.15, 0.2) is 0 Å². The Hall–Kier alpha value is -2.58. The maximum absolute atomic E-state index is 12.7. The molecular formula is C56H99N2O6P. The molecule has 0 aliphatic rings. The van der Waals surface area contributed by atoms with Crippen LogP contribution in [-0.2, 0) is 18.4 Å². The molecule has 0 saturated carbocycles. The first-order valence-corrected chi connectivity index (χ1v) is 27.6. The molecule has 0 fully saturated rings. The number of aliphatic hydroxyl groups is 1. The number of unbranched alkanes of at least 4 members (excludes halogenated alkanes) is 19. The van der Waals surface area contributed by atoms with E-state index >= 15 is 0 Å². The lowest BCUT2D eigenvalue weighted by molar-refractivity contribution is -0.870. The smallest absolute Gasteiger partial charge is 0.268 e. The van der Waals surface area contributed by atoms with Crippen molar-refractivity contribution in [1.29, 1.82) is 0 Å². The highest BCUT2D eigenvalue weighted by Crippen LogP contribution is 2.38. The molecule has 9 heteroatoms. The summed E-state index contributed by atoms with van der Waals surface area (Å²) in [5.74, 6) is -0.210. The van der Waals surface area contributed by atoms with Crippen molar-refractivity contribution in [1.82, 2.24) is 5.32 Å². The van der Waals surface area contributed by atoms with Gasteiger partial charge in [-0.3, -0.25) is 9.36 Å². The standard InChI is InChI=1S/C56H99N2O6P/c1-6-8-10-12-13-14-15-16-17-18-19-20-21-22-23-24-25-26-27-28-29-30-31-32-33-34-35-36-37-38-39-40-41-42-43-44-45-46-48-50-56(60)57-54(55(59)49-47-11-9-7-2)53-64-65(61,62)63-52-51-58(3,4)5/h8,10,13-14,16-17,19-20,22-23,25-26,28-29,47,49,54-55,59H,6-7,9,11-12,15,18,21,24,27,30-46,48,50-53H2,1-5H3,(H-,57,60,61,62)/b10-8-,14-13-,17-16-,20-19-,23-22-,26-25-,29-28-,49-47+. The Labute approximate surface area is 400 Å². The first-order chi connectivity index (χ1) is 31.5. The fourth-order valence-electron chi connectivity index (χ4n) is 6.94. The molecule has 0 radical (unpaired) electrons. The second kappa shape index (κ2) is 46.5. The van der Waals surface area contributed by atoms with Crippen LogP contribution in [0.5, 0.6) is 0 Å². The predicted octanol–water partition coefficient (Wildman–Crippen LogP) is 14.8. The SMILES string of the molecule is CC/C=C\C/C=C\C/C=C\C/C=C\C/C=C\C/C=C\C/C=C\CCCCCCCCCCCCCCCCCCCC(=O)NC(COP(=O)([O-])OCC[N+](C)(C)C)C(O)/C=C/CCCC. The van der Waals surface area contributed by atoms with Crippen molar-refractivity contribution in [3.63, 3.8) is 0 Å². The predicted molar refractivity (Wildman–Crippen MR) is 279 cm³/mol. The van der Waals surface area contributed by atoms with Gasteiger partial charge in [-0.25, -0.2) is 0 Å². The summed E-state index contributed by atoms with van der Waals surface area (Å²) in [6.07, 6.45) is 67.1. The van der Waals surface area contributed by atoms with Crippen LogP contribution >= 0.6 is 7.82 Å². The zero-order chi connectivity index (χ0) is 47.8. The molecule has 3 unspecified atom stereocenters. The monoisotopic (exact) mass is 927 g/mol. The van der Waals surface area contributed by atoms with Crippen molar-refractivity contribution < 1.29 is 32.9 Å². The molecule has 0 aliphatic carbocycles. The highest BCUT2D eigenvalue weighted by atomic mass is 31.2. The summed E-state index contributed by atoms with van der Waals surface area (Å²) in [6, 6.07) is -0.885. The highest BCUT2D eigenvalue weighted by molar-refractivity contribution is 7.45. The van der Waals surface area contributed by atoms with Gasteiger partial charge in [0.2, 0.25) is 5.91 Å². The zero-order valence-electron chi connectivity index (χ0n) is 42.4. The van der Waals surface area contributed by atoms with Crippen LogP contribution in [0.2, 0.25) is 0 Å². The van der Waals surface area contributed by atoms with Gasteiger partial charge in [-0.1, -0.05) is 220 Å². The summed E-state index contributed by atoms with van der Waals surface area (Å²) in [5.41, 5.74) is 0. The molecule has 65 heavy (non-hydrogen) atoms. The normalized spacial score (nSPS) is 14.9. The molecule has 0 aromatic rings. The number of allylic oxidation sites excluding steroid dienone is 15. The average Bonchev–Trinajstić information content (AvgIpc) is 3.26. The van der Waals surface area contributed by atoms with Crippen LogP contribution in [0.25, 0.3) is 0 Å². The number of carbonyl (C=O) groups is 1. The zero-order valence-corrected chi connectivity index (χ0v) is 43.3. The van der Waals surface area contributed by atoms with Crippen LogP contribution in [0.4, 0.5) is 0 Å². The molecule has 0 aromatic carbocycles. The maximum atomic E-state index is 12.7. The van der Waals surface area contributed by atoms with Crippen molar-refractivity contribution in [3.05, 3.63) is 97.2 Å². The maximum Gasteiger partial charge on any atom is 0.268 e. The van der Waals surface area contributed by atoms with E-state index in [4.69, 9.17) is 9.05 Å². The third-order valence-electron chi connectivity index (χ3n) is 11.0. The lowest BCUT2D eigenvalue weighted by Gasteiger charge is -2.29. The van der Waals surface area contributed by atoms with Crippen molar-refractivity contribution in [2.75, 3.05) is 40.9 Å². The molecule has 8 nitrogen and oxygen atoms in total. The van der Waals surface area contributed by atoms with Crippen molar-refractivity contribution in [2.45, 2.75) is 212 Å². The first kappa shape index (κ1) is 62.4. The van der Waals surface area contributed by atoms with Crippen molar-refractivity contribution in [3.8, 4) is 0 Å². The minimum absolute atomic E-state index is 0.00483. The molecule has 0 saturated heterocycles. The fourth-order valence-corrected chi connectivity index (χ4v) is 7.66. The quantitative estimate of drug-likeness (QED) is 0.0272. The molecule has 2 N–H and O–H groups in total. The highest BCUT2D eigenvalue weighted by Gasteiger charge is 2.23. The van der Waals surface area contributed by atoms with Gasteiger partial charge in [-0.15, -0.1) is 0 Å². The van der Waals surface area contributed by atoms with E-state index < -0.39 is 20.0 Å². The average molecular weight is 927 g/mol. The number of aliphatic hydroxyl groups excluding tert-OH is 1. The van der Waals surface area contributed by atoms with E-state index in [9.17, 15) is 19.4 Å². The summed E-state index contributed by atoms with van der Waals surface area (Å²) >= 11 is 0. The molecule has 0 bridgehead atoms. The van der Waals surface area contributed by atoms with Gasteiger partial charge in [0.1, 0.15) is 13.2 Å². The number of quaternary nitrogens is 1. The Morgan fingerprint density at radius 1 is 0.554 bits per heavy atom. The fraction of sp³-hybridized carbons (Fsp3) is 0.696. The van der Waals surface area contributed by atoms with Gasteiger partial charge in [0, 0.05) is 6.42 Å². The first-order valence-electron chi connectivity index (χ1n) is 26.1. The van der Waals surface area contributed by atoms with Crippen molar-refractivity contribution >= 4 is 13.7 Å².